The first-order valence-corrected chi connectivity index (χ1v) is 12.3. The fourth-order valence-electron chi connectivity index (χ4n) is 3.90. The lowest BCUT2D eigenvalue weighted by Crippen LogP contribution is -2.16. The van der Waals surface area contributed by atoms with Crippen LogP contribution in [-0.4, -0.2) is 57.9 Å². The van der Waals surface area contributed by atoms with Crippen molar-refractivity contribution in [1.82, 2.24) is 20.2 Å². The van der Waals surface area contributed by atoms with Gasteiger partial charge in [0, 0.05) is 34.2 Å². The zero-order valence-corrected chi connectivity index (χ0v) is 20.2. The second-order valence-corrected chi connectivity index (χ2v) is 10.4. The van der Waals surface area contributed by atoms with Crippen molar-refractivity contribution in [3.05, 3.63) is 40.9 Å². The van der Waals surface area contributed by atoms with Crippen LogP contribution >= 0.6 is 34.7 Å². The van der Waals surface area contributed by atoms with Crippen LogP contribution in [0.4, 0.5) is 5.13 Å². The van der Waals surface area contributed by atoms with E-state index in [4.69, 9.17) is 25.8 Å². The Labute approximate surface area is 203 Å². The zero-order chi connectivity index (χ0) is 22.9. The van der Waals surface area contributed by atoms with E-state index in [9.17, 15) is 4.79 Å². The van der Waals surface area contributed by atoms with Crippen LogP contribution in [0.25, 0.3) is 11.1 Å². The lowest BCUT2D eigenvalue weighted by molar-refractivity contribution is -0.0904. The van der Waals surface area contributed by atoms with Crippen molar-refractivity contribution >= 4 is 45.7 Å². The molecular formula is C21H20ClN5O4S2. The fourth-order valence-corrected chi connectivity index (χ4v) is 6.27. The van der Waals surface area contributed by atoms with Crippen molar-refractivity contribution in [3.63, 3.8) is 0 Å². The number of hydrogen-bond acceptors (Lipinski definition) is 10. The molecule has 2 aliphatic rings. The molecule has 1 amide bonds. The molecule has 172 valence electrons. The molecule has 0 aliphatic carbocycles. The number of aryl methyl sites for hydroxylation is 1. The van der Waals surface area contributed by atoms with Gasteiger partial charge in [-0.15, -0.1) is 10.2 Å². The number of ether oxygens (including phenoxy) is 3. The van der Waals surface area contributed by atoms with Gasteiger partial charge in [0.2, 0.25) is 5.13 Å². The van der Waals surface area contributed by atoms with Gasteiger partial charge in [0.25, 0.3) is 5.91 Å². The Morgan fingerprint density at radius 2 is 2.12 bits per heavy atom. The lowest BCUT2D eigenvalue weighted by atomic mass is 10.0. The molecule has 2 saturated heterocycles. The molecule has 0 radical (unpaired) electrons. The predicted molar refractivity (Wildman–Crippen MR) is 125 cm³/mol. The number of hydrogen-bond donors (Lipinski definition) is 1. The number of amides is 1. The third-order valence-corrected chi connectivity index (χ3v) is 7.94. The Morgan fingerprint density at radius 3 is 2.97 bits per heavy atom. The Hall–Kier alpha value is -2.31. The molecule has 0 saturated carbocycles. The van der Waals surface area contributed by atoms with Gasteiger partial charge in [-0.1, -0.05) is 34.7 Å². The van der Waals surface area contributed by atoms with E-state index in [2.05, 4.69) is 25.5 Å². The number of halogens is 1. The van der Waals surface area contributed by atoms with Crippen LogP contribution in [0.15, 0.2) is 28.9 Å². The molecule has 0 spiro atoms. The van der Waals surface area contributed by atoms with E-state index in [1.54, 1.807) is 17.8 Å². The fraction of sp³-hybridized carbons (Fsp3) is 0.381. The number of pyridine rings is 2. The quantitative estimate of drug-likeness (QED) is 0.391. The summed E-state index contributed by atoms with van der Waals surface area (Å²) in [6, 6.07) is 3.47. The number of methoxy groups -OCH3 is 1. The second kappa shape index (κ2) is 9.51. The molecule has 1 N–H and O–H groups in total. The van der Waals surface area contributed by atoms with E-state index in [0.717, 1.165) is 23.1 Å². The van der Waals surface area contributed by atoms with Gasteiger partial charge in [-0.2, -0.15) is 0 Å². The summed E-state index contributed by atoms with van der Waals surface area (Å²) >= 11 is 9.06. The number of aromatic nitrogens is 4. The molecule has 0 bridgehead atoms. The molecule has 3 atom stereocenters. The van der Waals surface area contributed by atoms with Gasteiger partial charge in [0.05, 0.1) is 32.1 Å². The maximum atomic E-state index is 13.2. The van der Waals surface area contributed by atoms with Crippen molar-refractivity contribution in [2.24, 2.45) is 5.92 Å². The summed E-state index contributed by atoms with van der Waals surface area (Å²) in [5.41, 5.74) is 2.40. The minimum Gasteiger partial charge on any atom is -0.494 e. The molecule has 0 unspecified atom stereocenters. The molecule has 5 heterocycles. The van der Waals surface area contributed by atoms with E-state index in [1.807, 2.05) is 13.0 Å². The zero-order valence-electron chi connectivity index (χ0n) is 17.8. The topological polar surface area (TPSA) is 108 Å². The van der Waals surface area contributed by atoms with Crippen molar-refractivity contribution < 1.29 is 19.0 Å². The number of nitrogens with one attached hydrogen (secondary N) is 1. The Bertz CT molecular complexity index is 1190. The van der Waals surface area contributed by atoms with Gasteiger partial charge in [0.1, 0.15) is 10.9 Å². The Kier molecular flexibility index (Phi) is 6.48. The minimum atomic E-state index is -0.353. The molecule has 33 heavy (non-hydrogen) atoms. The normalized spacial score (nSPS) is 21.7. The Morgan fingerprint density at radius 1 is 1.24 bits per heavy atom. The van der Waals surface area contributed by atoms with E-state index in [-0.39, 0.29) is 17.4 Å². The van der Waals surface area contributed by atoms with Crippen molar-refractivity contribution in [1.29, 1.82) is 0 Å². The largest absolute Gasteiger partial charge is 0.494 e. The summed E-state index contributed by atoms with van der Waals surface area (Å²) in [5.74, 6) is 0.510. The maximum absolute atomic E-state index is 13.2. The van der Waals surface area contributed by atoms with E-state index < -0.39 is 0 Å². The van der Waals surface area contributed by atoms with Gasteiger partial charge in [-0.25, -0.2) is 4.98 Å². The van der Waals surface area contributed by atoms with Crippen molar-refractivity contribution in [2.75, 3.05) is 25.6 Å². The average Bonchev–Trinajstić information content (AvgIpc) is 3.53. The van der Waals surface area contributed by atoms with Gasteiger partial charge >= 0.3 is 0 Å². The number of carbonyl (C=O) groups is 1. The van der Waals surface area contributed by atoms with Gasteiger partial charge in [-0.3, -0.25) is 15.1 Å². The predicted octanol–water partition coefficient (Wildman–Crippen LogP) is 4.07. The number of anilines is 1. The molecule has 12 heteroatoms. The molecule has 2 fully saturated rings. The van der Waals surface area contributed by atoms with E-state index >= 15 is 0 Å². The summed E-state index contributed by atoms with van der Waals surface area (Å²) < 4.78 is 17.5. The highest BCUT2D eigenvalue weighted by Gasteiger charge is 2.42. The number of thioether (sulfide) groups is 1. The van der Waals surface area contributed by atoms with Gasteiger partial charge in [-0.05, 0) is 25.5 Å². The Balaban J connectivity index is 1.35. The van der Waals surface area contributed by atoms with Crippen LogP contribution < -0.4 is 10.1 Å². The number of nitrogens with zero attached hydrogens (tertiary/aromatic N) is 4. The minimum absolute atomic E-state index is 0.110. The van der Waals surface area contributed by atoms with Gasteiger partial charge < -0.3 is 14.2 Å². The number of rotatable bonds is 6. The highest BCUT2D eigenvalue weighted by atomic mass is 35.5. The maximum Gasteiger partial charge on any atom is 0.259 e. The second-order valence-electron chi connectivity index (χ2n) is 7.59. The van der Waals surface area contributed by atoms with Crippen LogP contribution in [0.1, 0.15) is 22.5 Å². The van der Waals surface area contributed by atoms with Crippen LogP contribution in [0.5, 0.6) is 5.75 Å². The SMILES string of the molecule is COc1cnc(Cl)cc1-c1cc(C)ncc1C(=O)Nc1nnc(S[C@H]2CO[C@H]3OCC[C@H]32)s1. The van der Waals surface area contributed by atoms with Gasteiger partial charge in [0.15, 0.2) is 10.6 Å². The third-order valence-electron chi connectivity index (χ3n) is 5.49. The summed E-state index contributed by atoms with van der Waals surface area (Å²) in [4.78, 5) is 21.5. The molecule has 5 rings (SSSR count). The number of carbonyl (C=O) groups excluding carboxylic acids is 1. The molecule has 9 nitrogen and oxygen atoms in total. The first-order valence-electron chi connectivity index (χ1n) is 10.2. The smallest absolute Gasteiger partial charge is 0.259 e. The lowest BCUT2D eigenvalue weighted by Gasteiger charge is -2.13. The molecule has 3 aromatic heterocycles. The number of fused-ring (bicyclic) bond motifs is 1. The molecule has 2 aliphatic heterocycles. The molecular weight excluding hydrogens is 486 g/mol. The van der Waals surface area contributed by atoms with Crippen LogP contribution in [0.3, 0.4) is 0 Å². The van der Waals surface area contributed by atoms with E-state index in [0.29, 0.717) is 45.2 Å². The van der Waals surface area contributed by atoms with Crippen LogP contribution in [-0.2, 0) is 9.47 Å². The molecule has 3 aromatic rings. The van der Waals surface area contributed by atoms with Crippen LogP contribution in [0, 0.1) is 12.8 Å². The van der Waals surface area contributed by atoms with E-state index in [1.165, 1.54) is 30.8 Å². The molecule has 0 aromatic carbocycles. The summed E-state index contributed by atoms with van der Waals surface area (Å²) in [7, 11) is 1.54. The third kappa shape index (κ3) is 4.69. The highest BCUT2D eigenvalue weighted by molar-refractivity contribution is 8.01. The first kappa shape index (κ1) is 22.5. The van der Waals surface area contributed by atoms with Crippen molar-refractivity contribution in [3.8, 4) is 16.9 Å². The first-order chi connectivity index (χ1) is 16.0. The summed E-state index contributed by atoms with van der Waals surface area (Å²) in [6.45, 7) is 3.20. The van der Waals surface area contributed by atoms with Crippen LogP contribution in [0.2, 0.25) is 5.15 Å². The highest BCUT2D eigenvalue weighted by Crippen LogP contribution is 2.42. The monoisotopic (exact) mass is 505 g/mol. The standard InChI is InChI=1S/C21H20ClN5O4S2/c1-10-5-12(13-6-17(22)24-8-15(13)29-2)14(7-23-10)18(28)25-20-26-27-21(33-20)32-16-9-31-19-11(16)3-4-30-19/h5-8,11,16,19H,3-4,9H2,1-2H3,(H,25,26,28)/t11-,16-,19+/m0/s1. The van der Waals surface area contributed by atoms with Crippen molar-refractivity contribution in [2.45, 2.75) is 29.2 Å². The summed E-state index contributed by atoms with van der Waals surface area (Å²) in [5, 5.41) is 12.2. The summed E-state index contributed by atoms with van der Waals surface area (Å²) in [6.07, 6.45) is 3.92. The average molecular weight is 506 g/mol.